The predicted molar refractivity (Wildman–Crippen MR) is 62.3 cm³/mol. The number of nitrogens with zero attached hydrogens (tertiary/aromatic N) is 1. The average molecular weight is 220 g/mol. The number of benzene rings is 1. The van der Waals surface area contributed by atoms with E-state index in [-0.39, 0.29) is 6.61 Å². The van der Waals surface area contributed by atoms with Gasteiger partial charge in [-0.15, -0.1) is 0 Å². The first-order chi connectivity index (χ1) is 7.77. The van der Waals surface area contributed by atoms with Crippen LogP contribution >= 0.6 is 0 Å². The molecule has 1 aromatic rings. The number of aliphatic hydroxyl groups is 1. The Balaban J connectivity index is 2.44. The van der Waals surface area contributed by atoms with Crippen LogP contribution in [0.4, 0.5) is 5.69 Å². The van der Waals surface area contributed by atoms with Gasteiger partial charge in [0, 0.05) is 12.2 Å². The molecule has 0 aliphatic heterocycles. The highest BCUT2D eigenvalue weighted by molar-refractivity contribution is 5.55. The summed E-state index contributed by atoms with van der Waals surface area (Å²) in [6.45, 7) is 3.59. The minimum absolute atomic E-state index is 0.0446. The van der Waals surface area contributed by atoms with Gasteiger partial charge in [-0.2, -0.15) is 5.26 Å². The summed E-state index contributed by atoms with van der Waals surface area (Å²) in [4.78, 5) is 0. The normalized spacial score (nSPS) is 9.81. The van der Waals surface area contributed by atoms with Crippen LogP contribution in [0.2, 0.25) is 0 Å². The zero-order chi connectivity index (χ0) is 11.8. The first-order valence-electron chi connectivity index (χ1n) is 5.21. The maximum atomic E-state index is 8.76. The minimum Gasteiger partial charge on any atom is -0.394 e. The first kappa shape index (κ1) is 12.5. The molecule has 0 aromatic heterocycles. The molecule has 0 heterocycles. The molecule has 0 saturated heterocycles. The molecule has 16 heavy (non-hydrogen) atoms. The molecule has 0 aliphatic carbocycles. The SMILES string of the molecule is Cc1ccc(C#N)cc1NCCOCCO. The van der Waals surface area contributed by atoms with E-state index in [1.54, 1.807) is 6.07 Å². The van der Waals surface area contributed by atoms with Gasteiger partial charge in [0.05, 0.1) is 31.5 Å². The van der Waals surface area contributed by atoms with Crippen LogP contribution in [0.5, 0.6) is 0 Å². The molecular weight excluding hydrogens is 204 g/mol. The second-order valence-corrected chi connectivity index (χ2v) is 3.40. The van der Waals surface area contributed by atoms with Crippen molar-refractivity contribution in [3.05, 3.63) is 29.3 Å². The molecule has 1 aromatic carbocycles. The minimum atomic E-state index is 0.0446. The van der Waals surface area contributed by atoms with Crippen molar-refractivity contribution >= 4 is 5.69 Å². The maximum Gasteiger partial charge on any atom is 0.0992 e. The van der Waals surface area contributed by atoms with Crippen molar-refractivity contribution in [3.63, 3.8) is 0 Å². The highest BCUT2D eigenvalue weighted by Gasteiger charge is 1.99. The monoisotopic (exact) mass is 220 g/mol. The van der Waals surface area contributed by atoms with Gasteiger partial charge < -0.3 is 15.2 Å². The van der Waals surface area contributed by atoms with Crippen molar-refractivity contribution in [3.8, 4) is 6.07 Å². The van der Waals surface area contributed by atoms with Gasteiger partial charge in [-0.1, -0.05) is 6.07 Å². The Labute approximate surface area is 95.5 Å². The van der Waals surface area contributed by atoms with Crippen molar-refractivity contribution in [2.45, 2.75) is 6.92 Å². The van der Waals surface area contributed by atoms with Crippen LogP contribution in [-0.4, -0.2) is 31.5 Å². The van der Waals surface area contributed by atoms with Gasteiger partial charge in [0.15, 0.2) is 0 Å². The molecule has 4 heteroatoms. The highest BCUT2D eigenvalue weighted by atomic mass is 16.5. The molecule has 1 rings (SSSR count). The van der Waals surface area contributed by atoms with E-state index < -0.39 is 0 Å². The number of anilines is 1. The number of nitriles is 1. The first-order valence-corrected chi connectivity index (χ1v) is 5.21. The molecule has 0 saturated carbocycles. The van der Waals surface area contributed by atoms with Crippen molar-refractivity contribution in [1.29, 1.82) is 5.26 Å². The molecule has 0 unspecified atom stereocenters. The van der Waals surface area contributed by atoms with E-state index in [0.717, 1.165) is 11.3 Å². The summed E-state index contributed by atoms with van der Waals surface area (Å²) >= 11 is 0. The van der Waals surface area contributed by atoms with Crippen LogP contribution in [0.25, 0.3) is 0 Å². The lowest BCUT2D eigenvalue weighted by atomic mass is 10.1. The zero-order valence-corrected chi connectivity index (χ0v) is 9.36. The molecule has 2 N–H and O–H groups in total. The van der Waals surface area contributed by atoms with Crippen molar-refractivity contribution in [1.82, 2.24) is 0 Å². The Bertz CT molecular complexity index is 372. The van der Waals surface area contributed by atoms with E-state index in [9.17, 15) is 0 Å². The lowest BCUT2D eigenvalue weighted by Crippen LogP contribution is -2.12. The number of ether oxygens (including phenoxy) is 1. The van der Waals surface area contributed by atoms with Crippen molar-refractivity contribution < 1.29 is 9.84 Å². The van der Waals surface area contributed by atoms with Crippen LogP contribution in [0.3, 0.4) is 0 Å². The summed E-state index contributed by atoms with van der Waals surface area (Å²) in [6.07, 6.45) is 0. The molecule has 0 fully saturated rings. The van der Waals surface area contributed by atoms with Gasteiger partial charge >= 0.3 is 0 Å². The summed E-state index contributed by atoms with van der Waals surface area (Å²) in [5, 5.41) is 20.5. The van der Waals surface area contributed by atoms with E-state index in [1.807, 2.05) is 19.1 Å². The van der Waals surface area contributed by atoms with Crippen LogP contribution in [0.15, 0.2) is 18.2 Å². The third-order valence-corrected chi connectivity index (χ3v) is 2.16. The molecule has 0 bridgehead atoms. The summed E-state index contributed by atoms with van der Waals surface area (Å²) in [6, 6.07) is 7.63. The third kappa shape index (κ3) is 3.89. The van der Waals surface area contributed by atoms with Crippen LogP contribution in [-0.2, 0) is 4.74 Å². The van der Waals surface area contributed by atoms with E-state index >= 15 is 0 Å². The van der Waals surface area contributed by atoms with E-state index in [1.165, 1.54) is 0 Å². The largest absolute Gasteiger partial charge is 0.394 e. The fourth-order valence-electron chi connectivity index (χ4n) is 1.31. The molecule has 4 nitrogen and oxygen atoms in total. The smallest absolute Gasteiger partial charge is 0.0992 e. The Morgan fingerprint density at radius 2 is 2.25 bits per heavy atom. The number of aliphatic hydroxyl groups excluding tert-OH is 1. The standard InChI is InChI=1S/C12H16N2O2/c1-10-2-3-11(9-13)8-12(10)14-4-6-16-7-5-15/h2-3,8,14-15H,4-7H2,1H3. The lowest BCUT2D eigenvalue weighted by Gasteiger charge is -2.09. The summed E-state index contributed by atoms with van der Waals surface area (Å²) in [5.74, 6) is 0. The Morgan fingerprint density at radius 3 is 2.94 bits per heavy atom. The zero-order valence-electron chi connectivity index (χ0n) is 9.36. The molecular formula is C12H16N2O2. The van der Waals surface area contributed by atoms with Crippen molar-refractivity contribution in [2.75, 3.05) is 31.7 Å². The molecule has 0 radical (unpaired) electrons. The predicted octanol–water partition coefficient (Wildman–Crippen LogP) is 1.29. The molecule has 0 atom stereocenters. The average Bonchev–Trinajstić information content (AvgIpc) is 2.31. The summed E-state index contributed by atoms with van der Waals surface area (Å²) < 4.78 is 5.12. The summed E-state index contributed by atoms with van der Waals surface area (Å²) in [5.41, 5.74) is 2.69. The van der Waals surface area contributed by atoms with Gasteiger partial charge in [0.1, 0.15) is 0 Å². The third-order valence-electron chi connectivity index (χ3n) is 2.16. The Morgan fingerprint density at radius 1 is 1.44 bits per heavy atom. The van der Waals surface area contributed by atoms with Crippen LogP contribution in [0.1, 0.15) is 11.1 Å². The van der Waals surface area contributed by atoms with Gasteiger partial charge in [-0.25, -0.2) is 0 Å². The van der Waals surface area contributed by atoms with Crippen molar-refractivity contribution in [2.24, 2.45) is 0 Å². The van der Waals surface area contributed by atoms with E-state index in [0.29, 0.717) is 25.3 Å². The number of nitrogens with one attached hydrogen (secondary N) is 1. The van der Waals surface area contributed by atoms with E-state index in [2.05, 4.69) is 11.4 Å². The topological polar surface area (TPSA) is 65.3 Å². The van der Waals surface area contributed by atoms with Crippen LogP contribution in [0, 0.1) is 18.3 Å². The van der Waals surface area contributed by atoms with Gasteiger partial charge in [-0.05, 0) is 24.6 Å². The van der Waals surface area contributed by atoms with Crippen LogP contribution < -0.4 is 5.32 Å². The molecule has 0 aliphatic rings. The fourth-order valence-corrected chi connectivity index (χ4v) is 1.31. The van der Waals surface area contributed by atoms with Gasteiger partial charge in [-0.3, -0.25) is 0 Å². The molecule has 86 valence electrons. The molecule has 0 spiro atoms. The number of rotatable bonds is 6. The quantitative estimate of drug-likeness (QED) is 0.709. The lowest BCUT2D eigenvalue weighted by molar-refractivity contribution is 0.0992. The Hall–Kier alpha value is -1.57. The fraction of sp³-hybridized carbons (Fsp3) is 0.417. The Kier molecular flexibility index (Phi) is 5.34. The molecule has 0 amide bonds. The second kappa shape index (κ2) is 6.83. The second-order valence-electron chi connectivity index (χ2n) is 3.40. The highest BCUT2D eigenvalue weighted by Crippen LogP contribution is 2.15. The van der Waals surface area contributed by atoms with Gasteiger partial charge in [0.2, 0.25) is 0 Å². The number of hydrogen-bond acceptors (Lipinski definition) is 4. The number of aryl methyl sites for hydroxylation is 1. The number of hydrogen-bond donors (Lipinski definition) is 2. The summed E-state index contributed by atoms with van der Waals surface area (Å²) in [7, 11) is 0. The van der Waals surface area contributed by atoms with E-state index in [4.69, 9.17) is 15.1 Å². The van der Waals surface area contributed by atoms with Gasteiger partial charge in [0.25, 0.3) is 0 Å². The maximum absolute atomic E-state index is 8.76.